The molecule has 0 aromatic heterocycles. The van der Waals surface area contributed by atoms with Gasteiger partial charge in [0, 0.05) is 12.2 Å². The molecule has 0 radical (unpaired) electrons. The SMILES string of the molecule is C=Cc1ccc(CCN2c3ccccc3CCC2O)cc1. The highest BCUT2D eigenvalue weighted by molar-refractivity contribution is 5.56. The molecule has 108 valence electrons. The van der Waals surface area contributed by atoms with E-state index in [0.29, 0.717) is 0 Å². The maximum Gasteiger partial charge on any atom is 0.127 e. The molecular weight excluding hydrogens is 258 g/mol. The zero-order valence-electron chi connectivity index (χ0n) is 12.2. The van der Waals surface area contributed by atoms with Crippen LogP contribution in [0.4, 0.5) is 5.69 Å². The van der Waals surface area contributed by atoms with Crippen LogP contribution in [0.25, 0.3) is 6.08 Å². The number of nitrogens with zero attached hydrogens (tertiary/aromatic N) is 1. The quantitative estimate of drug-likeness (QED) is 0.923. The monoisotopic (exact) mass is 279 g/mol. The van der Waals surface area contributed by atoms with Crippen LogP contribution in [0.1, 0.15) is 23.1 Å². The van der Waals surface area contributed by atoms with Gasteiger partial charge in [-0.05, 0) is 42.0 Å². The van der Waals surface area contributed by atoms with E-state index < -0.39 is 0 Å². The zero-order chi connectivity index (χ0) is 14.7. The van der Waals surface area contributed by atoms with E-state index >= 15 is 0 Å². The van der Waals surface area contributed by atoms with Gasteiger partial charge >= 0.3 is 0 Å². The number of aryl methyl sites for hydroxylation is 1. The summed E-state index contributed by atoms with van der Waals surface area (Å²) < 4.78 is 0. The molecule has 2 aromatic rings. The molecule has 1 N–H and O–H groups in total. The fourth-order valence-electron chi connectivity index (χ4n) is 2.94. The van der Waals surface area contributed by atoms with Crippen molar-refractivity contribution in [3.63, 3.8) is 0 Å². The number of aliphatic hydroxyl groups is 1. The molecule has 0 fully saturated rings. The largest absolute Gasteiger partial charge is 0.374 e. The number of anilines is 1. The predicted molar refractivity (Wildman–Crippen MR) is 88.4 cm³/mol. The van der Waals surface area contributed by atoms with Gasteiger partial charge in [0.15, 0.2) is 0 Å². The average molecular weight is 279 g/mol. The molecule has 0 amide bonds. The second-order valence-electron chi connectivity index (χ2n) is 5.54. The lowest BCUT2D eigenvalue weighted by Crippen LogP contribution is -2.40. The standard InChI is InChI=1S/C19H21NO/c1-2-15-7-9-16(10-8-15)13-14-20-18-6-4-3-5-17(18)11-12-19(20)21/h2-10,19,21H,1,11-14H2. The number of benzene rings is 2. The molecule has 2 nitrogen and oxygen atoms in total. The predicted octanol–water partition coefficient (Wildman–Crippen LogP) is 3.64. The molecule has 0 bridgehead atoms. The van der Waals surface area contributed by atoms with Gasteiger partial charge in [-0.25, -0.2) is 0 Å². The van der Waals surface area contributed by atoms with Gasteiger partial charge in [-0.1, -0.05) is 55.1 Å². The Morgan fingerprint density at radius 2 is 1.90 bits per heavy atom. The van der Waals surface area contributed by atoms with Crippen molar-refractivity contribution in [2.45, 2.75) is 25.5 Å². The van der Waals surface area contributed by atoms with Crippen molar-refractivity contribution in [3.8, 4) is 0 Å². The number of para-hydroxylation sites is 1. The molecule has 0 aliphatic carbocycles. The number of hydrogen-bond acceptors (Lipinski definition) is 2. The van der Waals surface area contributed by atoms with Crippen molar-refractivity contribution in [3.05, 3.63) is 71.8 Å². The molecule has 1 atom stereocenters. The number of fused-ring (bicyclic) bond motifs is 1. The van der Waals surface area contributed by atoms with Crippen molar-refractivity contribution in [2.24, 2.45) is 0 Å². The van der Waals surface area contributed by atoms with E-state index in [4.69, 9.17) is 0 Å². The van der Waals surface area contributed by atoms with Gasteiger partial charge in [0.05, 0.1) is 0 Å². The highest BCUT2D eigenvalue weighted by atomic mass is 16.3. The van der Waals surface area contributed by atoms with Crippen LogP contribution in [-0.4, -0.2) is 17.9 Å². The summed E-state index contributed by atoms with van der Waals surface area (Å²) in [6, 6.07) is 16.8. The van der Waals surface area contributed by atoms with E-state index in [2.05, 4.69) is 53.9 Å². The Hall–Kier alpha value is -2.06. The first-order valence-electron chi connectivity index (χ1n) is 7.52. The van der Waals surface area contributed by atoms with E-state index in [9.17, 15) is 5.11 Å². The minimum atomic E-state index is -0.368. The van der Waals surface area contributed by atoms with E-state index in [1.54, 1.807) is 0 Å². The van der Waals surface area contributed by atoms with Crippen LogP contribution in [-0.2, 0) is 12.8 Å². The molecule has 1 aliphatic heterocycles. The third-order valence-electron chi connectivity index (χ3n) is 4.19. The van der Waals surface area contributed by atoms with Crippen LogP contribution < -0.4 is 4.90 Å². The van der Waals surface area contributed by atoms with Crippen LogP contribution in [0.15, 0.2) is 55.1 Å². The third-order valence-corrected chi connectivity index (χ3v) is 4.19. The Balaban J connectivity index is 1.73. The zero-order valence-corrected chi connectivity index (χ0v) is 12.2. The minimum Gasteiger partial charge on any atom is -0.374 e. The second kappa shape index (κ2) is 6.15. The number of rotatable bonds is 4. The molecule has 1 aliphatic rings. The van der Waals surface area contributed by atoms with Crippen LogP contribution >= 0.6 is 0 Å². The normalized spacial score (nSPS) is 17.4. The maximum absolute atomic E-state index is 10.3. The molecule has 1 heterocycles. The van der Waals surface area contributed by atoms with Crippen LogP contribution in [0.3, 0.4) is 0 Å². The molecule has 0 saturated heterocycles. The van der Waals surface area contributed by atoms with E-state index in [-0.39, 0.29) is 6.23 Å². The fourth-order valence-corrected chi connectivity index (χ4v) is 2.94. The van der Waals surface area contributed by atoms with Crippen molar-refractivity contribution >= 4 is 11.8 Å². The summed E-state index contributed by atoms with van der Waals surface area (Å²) in [6.45, 7) is 4.61. The first-order valence-corrected chi connectivity index (χ1v) is 7.52. The second-order valence-corrected chi connectivity index (χ2v) is 5.54. The van der Waals surface area contributed by atoms with Crippen LogP contribution in [0, 0.1) is 0 Å². The summed E-state index contributed by atoms with van der Waals surface area (Å²) in [7, 11) is 0. The first kappa shape index (κ1) is 13.9. The molecule has 3 rings (SSSR count). The molecule has 0 spiro atoms. The van der Waals surface area contributed by atoms with Crippen molar-refractivity contribution in [1.29, 1.82) is 0 Å². The smallest absolute Gasteiger partial charge is 0.127 e. The topological polar surface area (TPSA) is 23.5 Å². The highest BCUT2D eigenvalue weighted by Crippen LogP contribution is 2.29. The van der Waals surface area contributed by atoms with Gasteiger partial charge in [0.1, 0.15) is 6.23 Å². The molecule has 2 heteroatoms. The summed E-state index contributed by atoms with van der Waals surface area (Å²) in [6.07, 6.45) is 4.19. The Morgan fingerprint density at radius 3 is 2.67 bits per heavy atom. The van der Waals surface area contributed by atoms with Crippen molar-refractivity contribution in [2.75, 3.05) is 11.4 Å². The molecule has 1 unspecified atom stereocenters. The van der Waals surface area contributed by atoms with Crippen LogP contribution in [0.5, 0.6) is 0 Å². The first-order chi connectivity index (χ1) is 10.3. The summed E-state index contributed by atoms with van der Waals surface area (Å²) >= 11 is 0. The summed E-state index contributed by atoms with van der Waals surface area (Å²) in [5.41, 5.74) is 4.95. The average Bonchev–Trinajstić information content (AvgIpc) is 2.54. The lowest BCUT2D eigenvalue weighted by Gasteiger charge is -2.36. The summed E-state index contributed by atoms with van der Waals surface area (Å²) in [5.74, 6) is 0. The van der Waals surface area contributed by atoms with Gasteiger partial charge < -0.3 is 10.0 Å². The molecular formula is C19H21NO. The van der Waals surface area contributed by atoms with Gasteiger partial charge in [-0.2, -0.15) is 0 Å². The molecule has 2 aromatic carbocycles. The minimum absolute atomic E-state index is 0.368. The van der Waals surface area contributed by atoms with E-state index in [1.807, 2.05) is 12.1 Å². The third kappa shape index (κ3) is 3.01. The van der Waals surface area contributed by atoms with E-state index in [1.165, 1.54) is 16.8 Å². The molecule has 21 heavy (non-hydrogen) atoms. The Kier molecular flexibility index (Phi) is 4.07. The van der Waals surface area contributed by atoms with Gasteiger partial charge in [-0.3, -0.25) is 0 Å². The van der Waals surface area contributed by atoms with Gasteiger partial charge in [0.25, 0.3) is 0 Å². The summed E-state index contributed by atoms with van der Waals surface area (Å²) in [5, 5.41) is 10.3. The maximum atomic E-state index is 10.3. The Labute approximate surface area is 126 Å². The van der Waals surface area contributed by atoms with Crippen LogP contribution in [0.2, 0.25) is 0 Å². The number of aliphatic hydroxyl groups excluding tert-OH is 1. The Morgan fingerprint density at radius 1 is 1.14 bits per heavy atom. The lowest BCUT2D eigenvalue weighted by atomic mass is 9.99. The Bertz CT molecular complexity index is 618. The van der Waals surface area contributed by atoms with Crippen molar-refractivity contribution in [1.82, 2.24) is 0 Å². The lowest BCUT2D eigenvalue weighted by molar-refractivity contribution is 0.153. The summed E-state index contributed by atoms with van der Waals surface area (Å²) in [4.78, 5) is 2.13. The van der Waals surface area contributed by atoms with Crippen molar-refractivity contribution < 1.29 is 5.11 Å². The molecule has 0 saturated carbocycles. The van der Waals surface area contributed by atoms with E-state index in [0.717, 1.165) is 31.4 Å². The highest BCUT2D eigenvalue weighted by Gasteiger charge is 2.23. The van der Waals surface area contributed by atoms with Gasteiger partial charge in [0.2, 0.25) is 0 Å². The number of hydrogen-bond donors (Lipinski definition) is 1. The fraction of sp³-hybridized carbons (Fsp3) is 0.263. The van der Waals surface area contributed by atoms with Gasteiger partial charge in [-0.15, -0.1) is 0 Å².